The Kier molecular flexibility index (Phi) is 6.19. The van der Waals surface area contributed by atoms with E-state index >= 15 is 0 Å². The summed E-state index contributed by atoms with van der Waals surface area (Å²) >= 11 is 0. The summed E-state index contributed by atoms with van der Waals surface area (Å²) in [6.45, 7) is 3.03. The van der Waals surface area contributed by atoms with Gasteiger partial charge in [-0.15, -0.1) is 0 Å². The number of rotatable bonds is 8. The van der Waals surface area contributed by atoms with E-state index < -0.39 is 0 Å². The molecule has 0 aliphatic rings. The molecule has 3 rings (SSSR count). The Morgan fingerprint density at radius 3 is 2.81 bits per heavy atom. The van der Waals surface area contributed by atoms with Gasteiger partial charge < -0.3 is 14.7 Å². The number of hydrogen-bond acceptors (Lipinski definition) is 5. The molecule has 3 aromatic rings. The molecule has 2 heterocycles. The number of urea groups is 1. The molecule has 8 nitrogen and oxygen atoms in total. The zero-order chi connectivity index (χ0) is 19.1. The minimum Gasteiger partial charge on any atom is -0.359 e. The monoisotopic (exact) mass is 368 g/mol. The summed E-state index contributed by atoms with van der Waals surface area (Å²) in [5, 5.41) is 11.2. The van der Waals surface area contributed by atoms with Crippen molar-refractivity contribution in [3.8, 4) is 0 Å². The van der Waals surface area contributed by atoms with Crippen LogP contribution in [-0.2, 0) is 19.5 Å². The van der Waals surface area contributed by atoms with E-state index in [9.17, 15) is 4.79 Å². The van der Waals surface area contributed by atoms with Crippen molar-refractivity contribution in [1.82, 2.24) is 30.1 Å². The number of amides is 2. The SMILES string of the molecule is CCc1cc(CN(C)C(=O)N[C@@H](CCn2cncn2)c2ccccc2)on1. The van der Waals surface area contributed by atoms with Crippen LogP contribution in [0, 0.1) is 0 Å². The molecule has 0 fully saturated rings. The van der Waals surface area contributed by atoms with Crippen molar-refractivity contribution in [1.29, 1.82) is 0 Å². The Balaban J connectivity index is 1.63. The molecule has 142 valence electrons. The van der Waals surface area contributed by atoms with Gasteiger partial charge in [-0.3, -0.25) is 4.68 Å². The molecule has 0 unspecified atom stereocenters. The third-order valence-electron chi connectivity index (χ3n) is 4.32. The van der Waals surface area contributed by atoms with Crippen LogP contribution in [0.4, 0.5) is 4.79 Å². The fraction of sp³-hybridized carbons (Fsp3) is 0.368. The first-order valence-electron chi connectivity index (χ1n) is 8.99. The molecule has 0 aliphatic carbocycles. The molecule has 1 N–H and O–H groups in total. The summed E-state index contributed by atoms with van der Waals surface area (Å²) in [4.78, 5) is 18.2. The molecule has 27 heavy (non-hydrogen) atoms. The summed E-state index contributed by atoms with van der Waals surface area (Å²) in [6, 6.07) is 11.5. The highest BCUT2D eigenvalue weighted by Crippen LogP contribution is 2.18. The van der Waals surface area contributed by atoms with Gasteiger partial charge in [0.05, 0.1) is 18.3 Å². The van der Waals surface area contributed by atoms with Crippen LogP contribution in [0.3, 0.4) is 0 Å². The summed E-state index contributed by atoms with van der Waals surface area (Å²) in [5.74, 6) is 0.670. The highest BCUT2D eigenvalue weighted by Gasteiger charge is 2.18. The number of aryl methyl sites for hydroxylation is 2. The molecular formula is C19H24N6O2. The van der Waals surface area contributed by atoms with Crippen molar-refractivity contribution >= 4 is 6.03 Å². The van der Waals surface area contributed by atoms with Gasteiger partial charge in [-0.05, 0) is 18.4 Å². The fourth-order valence-electron chi connectivity index (χ4n) is 2.78. The maximum absolute atomic E-state index is 12.7. The summed E-state index contributed by atoms with van der Waals surface area (Å²) in [7, 11) is 1.74. The first-order valence-corrected chi connectivity index (χ1v) is 8.99. The number of hydrogen-bond donors (Lipinski definition) is 1. The predicted molar refractivity (Wildman–Crippen MR) is 99.7 cm³/mol. The molecule has 1 atom stereocenters. The third kappa shape index (κ3) is 5.16. The first-order chi connectivity index (χ1) is 13.2. The number of carbonyl (C=O) groups excluding carboxylic acids is 1. The van der Waals surface area contributed by atoms with Gasteiger partial charge in [0, 0.05) is 19.7 Å². The quantitative estimate of drug-likeness (QED) is 0.660. The van der Waals surface area contributed by atoms with Gasteiger partial charge in [0.1, 0.15) is 12.7 Å². The Morgan fingerprint density at radius 2 is 2.15 bits per heavy atom. The predicted octanol–water partition coefficient (Wildman–Crippen LogP) is 2.80. The normalized spacial score (nSPS) is 11.9. The molecule has 0 saturated heterocycles. The second-order valence-corrected chi connectivity index (χ2v) is 6.35. The lowest BCUT2D eigenvalue weighted by Gasteiger charge is -2.23. The lowest BCUT2D eigenvalue weighted by Crippen LogP contribution is -2.39. The van der Waals surface area contributed by atoms with Gasteiger partial charge in [0.15, 0.2) is 5.76 Å². The van der Waals surface area contributed by atoms with Gasteiger partial charge in [0.2, 0.25) is 0 Å². The van der Waals surface area contributed by atoms with Crippen LogP contribution in [0.1, 0.15) is 36.4 Å². The van der Waals surface area contributed by atoms with Gasteiger partial charge in [0.25, 0.3) is 0 Å². The highest BCUT2D eigenvalue weighted by molar-refractivity contribution is 5.74. The van der Waals surface area contributed by atoms with Crippen LogP contribution in [0.25, 0.3) is 0 Å². The van der Waals surface area contributed by atoms with Crippen LogP contribution >= 0.6 is 0 Å². The summed E-state index contributed by atoms with van der Waals surface area (Å²) in [5.41, 5.74) is 1.93. The second kappa shape index (κ2) is 8.98. The van der Waals surface area contributed by atoms with E-state index in [2.05, 4.69) is 20.6 Å². The molecule has 8 heteroatoms. The molecule has 1 aromatic carbocycles. The van der Waals surface area contributed by atoms with E-state index in [4.69, 9.17) is 4.52 Å². The lowest BCUT2D eigenvalue weighted by molar-refractivity contribution is 0.195. The smallest absolute Gasteiger partial charge is 0.318 e. The van der Waals surface area contributed by atoms with Crippen molar-refractivity contribution in [2.24, 2.45) is 0 Å². The Hall–Kier alpha value is -3.16. The number of aromatic nitrogens is 4. The van der Waals surface area contributed by atoms with Crippen molar-refractivity contribution in [2.45, 2.75) is 38.9 Å². The standard InChI is InChI=1S/C19H24N6O2/c1-3-16-11-17(27-23-16)12-24(2)19(26)22-18(15-7-5-4-6-8-15)9-10-25-14-20-13-21-25/h4-8,11,13-14,18H,3,9-10,12H2,1-2H3,(H,22,26)/t18-/m0/s1. The zero-order valence-electron chi connectivity index (χ0n) is 15.6. The van der Waals surface area contributed by atoms with E-state index in [-0.39, 0.29) is 12.1 Å². The van der Waals surface area contributed by atoms with Crippen LogP contribution in [0.15, 0.2) is 53.6 Å². The van der Waals surface area contributed by atoms with Crippen LogP contribution < -0.4 is 5.32 Å². The van der Waals surface area contributed by atoms with E-state index in [1.165, 1.54) is 6.33 Å². The first kappa shape index (κ1) is 18.6. The van der Waals surface area contributed by atoms with E-state index in [1.807, 2.05) is 43.3 Å². The molecule has 0 saturated carbocycles. The van der Waals surface area contributed by atoms with Crippen molar-refractivity contribution in [3.05, 3.63) is 66.1 Å². The third-order valence-corrected chi connectivity index (χ3v) is 4.32. The molecule has 0 bridgehead atoms. The van der Waals surface area contributed by atoms with Gasteiger partial charge in [-0.25, -0.2) is 9.78 Å². The van der Waals surface area contributed by atoms with Crippen LogP contribution in [-0.4, -0.2) is 37.9 Å². The molecular weight excluding hydrogens is 344 g/mol. The minimum atomic E-state index is -0.170. The number of carbonyl (C=O) groups is 1. The second-order valence-electron chi connectivity index (χ2n) is 6.35. The van der Waals surface area contributed by atoms with Crippen molar-refractivity contribution in [2.75, 3.05) is 7.05 Å². The number of nitrogens with zero attached hydrogens (tertiary/aromatic N) is 5. The highest BCUT2D eigenvalue weighted by atomic mass is 16.5. The Bertz CT molecular complexity index is 831. The van der Waals surface area contributed by atoms with Crippen LogP contribution in [0.5, 0.6) is 0 Å². The Labute approximate surface area is 158 Å². The zero-order valence-corrected chi connectivity index (χ0v) is 15.6. The fourth-order valence-corrected chi connectivity index (χ4v) is 2.78. The van der Waals surface area contributed by atoms with Crippen LogP contribution in [0.2, 0.25) is 0 Å². The molecule has 2 aromatic heterocycles. The molecule has 2 amide bonds. The topological polar surface area (TPSA) is 89.1 Å². The number of nitrogens with one attached hydrogen (secondary N) is 1. The van der Waals surface area contributed by atoms with Crippen molar-refractivity contribution < 1.29 is 9.32 Å². The van der Waals surface area contributed by atoms with Gasteiger partial charge in [-0.1, -0.05) is 42.4 Å². The maximum Gasteiger partial charge on any atom is 0.318 e. The van der Waals surface area contributed by atoms with E-state index in [1.54, 1.807) is 23.0 Å². The lowest BCUT2D eigenvalue weighted by atomic mass is 10.0. The molecule has 0 radical (unpaired) electrons. The maximum atomic E-state index is 12.7. The average Bonchev–Trinajstić information content (AvgIpc) is 3.37. The Morgan fingerprint density at radius 1 is 1.33 bits per heavy atom. The van der Waals surface area contributed by atoms with E-state index in [0.29, 0.717) is 25.3 Å². The van der Waals surface area contributed by atoms with Crippen molar-refractivity contribution in [3.63, 3.8) is 0 Å². The number of benzene rings is 1. The summed E-state index contributed by atoms with van der Waals surface area (Å²) < 4.78 is 7.03. The van der Waals surface area contributed by atoms with E-state index in [0.717, 1.165) is 17.7 Å². The van der Waals surface area contributed by atoms with Gasteiger partial charge >= 0.3 is 6.03 Å². The average molecular weight is 368 g/mol. The minimum absolute atomic E-state index is 0.133. The summed E-state index contributed by atoms with van der Waals surface area (Å²) in [6.07, 6.45) is 4.68. The molecule has 0 spiro atoms. The largest absolute Gasteiger partial charge is 0.359 e. The molecule has 0 aliphatic heterocycles. The van der Waals surface area contributed by atoms with Gasteiger partial charge in [-0.2, -0.15) is 5.10 Å².